The number of carbonyl (C=O) groups excluding carboxylic acids is 2. The minimum atomic E-state index is -0.0717. The highest BCUT2D eigenvalue weighted by Gasteiger charge is 2.28. The molecule has 1 aliphatic rings. The largest absolute Gasteiger partial charge is 0.314 e. The van der Waals surface area contributed by atoms with E-state index in [4.69, 9.17) is 0 Å². The van der Waals surface area contributed by atoms with Gasteiger partial charge in [-0.1, -0.05) is 13.0 Å². The molecule has 0 fully saturated rings. The molecule has 1 aromatic carbocycles. The molecule has 2 amide bonds. The van der Waals surface area contributed by atoms with Crippen molar-refractivity contribution in [2.45, 2.75) is 13.3 Å². The quantitative estimate of drug-likeness (QED) is 0.887. The van der Waals surface area contributed by atoms with Crippen LogP contribution in [-0.4, -0.2) is 48.3 Å². The first kappa shape index (κ1) is 17.2. The van der Waals surface area contributed by atoms with E-state index in [1.165, 1.54) is 0 Å². The summed E-state index contributed by atoms with van der Waals surface area (Å²) in [5.74, 6) is -0.0816. The molecule has 0 bridgehead atoms. The van der Waals surface area contributed by atoms with Gasteiger partial charge in [-0.05, 0) is 36.7 Å². The van der Waals surface area contributed by atoms with Crippen LogP contribution in [0.15, 0.2) is 30.5 Å². The van der Waals surface area contributed by atoms with Crippen molar-refractivity contribution in [3.8, 4) is 0 Å². The number of rotatable bonds is 5. The van der Waals surface area contributed by atoms with Crippen molar-refractivity contribution in [1.82, 2.24) is 15.1 Å². The number of hydrogen-bond donors (Lipinski definition) is 1. The van der Waals surface area contributed by atoms with E-state index in [1.807, 2.05) is 25.1 Å². The summed E-state index contributed by atoms with van der Waals surface area (Å²) >= 11 is 0. The molecule has 0 aliphatic carbocycles. The first-order valence-corrected chi connectivity index (χ1v) is 8.43. The monoisotopic (exact) mass is 341 g/mol. The molecule has 7 nitrogen and oxygen atoms in total. The Morgan fingerprint density at radius 1 is 1.32 bits per heavy atom. The number of hydrogen-bond acceptors (Lipinski definition) is 4. The van der Waals surface area contributed by atoms with Gasteiger partial charge in [-0.3, -0.25) is 14.3 Å². The topological polar surface area (TPSA) is 70.5 Å². The maximum Gasteiger partial charge on any atom is 0.276 e. The second-order valence-corrected chi connectivity index (χ2v) is 6.09. The van der Waals surface area contributed by atoms with E-state index in [0.717, 1.165) is 29.9 Å². The summed E-state index contributed by atoms with van der Waals surface area (Å²) in [6.45, 7) is 3.64. The molecule has 1 aliphatic heterocycles. The summed E-state index contributed by atoms with van der Waals surface area (Å²) in [6, 6.07) is 7.57. The van der Waals surface area contributed by atoms with Gasteiger partial charge in [0.25, 0.3) is 5.91 Å². The van der Waals surface area contributed by atoms with Crippen molar-refractivity contribution in [3.63, 3.8) is 0 Å². The van der Waals surface area contributed by atoms with Gasteiger partial charge < -0.3 is 15.1 Å². The molecule has 0 saturated carbocycles. The van der Waals surface area contributed by atoms with Crippen LogP contribution in [0, 0.1) is 0 Å². The van der Waals surface area contributed by atoms with Crippen LogP contribution in [0.1, 0.15) is 23.0 Å². The Morgan fingerprint density at radius 2 is 2.12 bits per heavy atom. The molecular weight excluding hydrogens is 318 g/mol. The summed E-state index contributed by atoms with van der Waals surface area (Å²) < 4.78 is 1.58. The molecule has 132 valence electrons. The number of aryl methyl sites for hydroxylation is 1. The van der Waals surface area contributed by atoms with Crippen LogP contribution < -0.4 is 15.1 Å². The Kier molecular flexibility index (Phi) is 4.85. The smallest absolute Gasteiger partial charge is 0.276 e. The predicted octanol–water partition coefficient (Wildman–Crippen LogP) is 1.20. The summed E-state index contributed by atoms with van der Waals surface area (Å²) in [5.41, 5.74) is 3.32. The van der Waals surface area contributed by atoms with Gasteiger partial charge in [0.2, 0.25) is 5.91 Å². The van der Waals surface area contributed by atoms with Crippen molar-refractivity contribution < 1.29 is 9.59 Å². The first-order chi connectivity index (χ1) is 12.0. The SMILES string of the molecule is CCNCC(=O)N(C)c1ccc2c(c1)N(C(=O)c1ccnn1C)CC2. The lowest BCUT2D eigenvalue weighted by molar-refractivity contribution is -0.117. The van der Waals surface area contributed by atoms with Gasteiger partial charge in [0.15, 0.2) is 0 Å². The number of aromatic nitrogens is 2. The Balaban J connectivity index is 1.85. The molecule has 1 aromatic heterocycles. The van der Waals surface area contributed by atoms with Crippen LogP contribution in [0.25, 0.3) is 0 Å². The number of likely N-dealkylation sites (N-methyl/N-ethyl adjacent to an activating group) is 2. The van der Waals surface area contributed by atoms with Gasteiger partial charge in [-0.2, -0.15) is 5.10 Å². The zero-order valence-electron chi connectivity index (χ0n) is 14.8. The molecule has 1 N–H and O–H groups in total. The Morgan fingerprint density at radius 3 is 2.80 bits per heavy atom. The number of benzene rings is 1. The van der Waals surface area contributed by atoms with Crippen LogP contribution >= 0.6 is 0 Å². The van der Waals surface area contributed by atoms with Crippen molar-refractivity contribution in [2.24, 2.45) is 7.05 Å². The summed E-state index contributed by atoms with van der Waals surface area (Å²) in [5, 5.41) is 7.11. The standard InChI is InChI=1S/C18H23N5O2/c1-4-19-12-17(24)21(2)14-6-5-13-8-10-23(16(13)11-14)18(25)15-7-9-20-22(15)3/h5-7,9,11,19H,4,8,10,12H2,1-3H3. The van der Waals surface area contributed by atoms with Crippen molar-refractivity contribution in [1.29, 1.82) is 0 Å². The highest BCUT2D eigenvalue weighted by Crippen LogP contribution is 2.33. The van der Waals surface area contributed by atoms with E-state index >= 15 is 0 Å². The Bertz CT molecular complexity index is 799. The van der Waals surface area contributed by atoms with Gasteiger partial charge in [0.1, 0.15) is 5.69 Å². The van der Waals surface area contributed by atoms with Crippen molar-refractivity contribution in [2.75, 3.05) is 36.5 Å². The van der Waals surface area contributed by atoms with E-state index in [2.05, 4.69) is 10.4 Å². The third kappa shape index (κ3) is 3.28. The van der Waals surface area contributed by atoms with E-state index in [9.17, 15) is 9.59 Å². The van der Waals surface area contributed by atoms with Gasteiger partial charge in [0.05, 0.1) is 6.54 Å². The van der Waals surface area contributed by atoms with E-state index < -0.39 is 0 Å². The zero-order valence-corrected chi connectivity index (χ0v) is 14.8. The van der Waals surface area contributed by atoms with E-state index in [-0.39, 0.29) is 11.8 Å². The summed E-state index contributed by atoms with van der Waals surface area (Å²) in [7, 11) is 3.51. The molecular formula is C18H23N5O2. The van der Waals surface area contributed by atoms with Crippen LogP contribution in [0.4, 0.5) is 11.4 Å². The lowest BCUT2D eigenvalue weighted by Crippen LogP contribution is -2.35. The maximum absolute atomic E-state index is 12.8. The Labute approximate surface area is 147 Å². The number of fused-ring (bicyclic) bond motifs is 1. The number of nitrogens with zero attached hydrogens (tertiary/aromatic N) is 4. The van der Waals surface area contributed by atoms with Crippen LogP contribution in [0.2, 0.25) is 0 Å². The summed E-state index contributed by atoms with van der Waals surface area (Å²) in [6.07, 6.45) is 2.43. The molecule has 0 atom stereocenters. The van der Waals surface area contributed by atoms with Crippen LogP contribution in [0.3, 0.4) is 0 Å². The Hall–Kier alpha value is -2.67. The van der Waals surface area contributed by atoms with Gasteiger partial charge in [0, 0.05) is 38.2 Å². The van der Waals surface area contributed by atoms with Crippen molar-refractivity contribution >= 4 is 23.2 Å². The molecule has 7 heteroatoms. The number of amides is 2. The van der Waals surface area contributed by atoms with Crippen molar-refractivity contribution in [3.05, 3.63) is 41.7 Å². The highest BCUT2D eigenvalue weighted by molar-refractivity contribution is 6.06. The van der Waals surface area contributed by atoms with E-state index in [0.29, 0.717) is 18.8 Å². The third-order valence-electron chi connectivity index (χ3n) is 4.54. The first-order valence-electron chi connectivity index (χ1n) is 8.43. The van der Waals surface area contributed by atoms with Gasteiger partial charge in [-0.25, -0.2) is 0 Å². The zero-order chi connectivity index (χ0) is 18.0. The number of carbonyl (C=O) groups is 2. The minimum Gasteiger partial charge on any atom is -0.314 e. The van der Waals surface area contributed by atoms with Crippen LogP contribution in [-0.2, 0) is 18.3 Å². The maximum atomic E-state index is 12.8. The number of nitrogens with one attached hydrogen (secondary N) is 1. The molecule has 0 saturated heterocycles. The average Bonchev–Trinajstić information content (AvgIpc) is 3.23. The lowest BCUT2D eigenvalue weighted by Gasteiger charge is -2.21. The molecule has 2 aromatic rings. The molecule has 3 rings (SSSR count). The normalized spacial score (nSPS) is 13.0. The second-order valence-electron chi connectivity index (χ2n) is 6.09. The minimum absolute atomic E-state index is 0.00990. The summed E-state index contributed by atoms with van der Waals surface area (Å²) in [4.78, 5) is 28.4. The molecule has 2 heterocycles. The fraction of sp³-hybridized carbons (Fsp3) is 0.389. The molecule has 25 heavy (non-hydrogen) atoms. The fourth-order valence-electron chi connectivity index (χ4n) is 3.00. The van der Waals surface area contributed by atoms with Crippen LogP contribution in [0.5, 0.6) is 0 Å². The lowest BCUT2D eigenvalue weighted by atomic mass is 10.1. The number of anilines is 2. The van der Waals surface area contributed by atoms with E-state index in [1.54, 1.807) is 40.8 Å². The third-order valence-corrected chi connectivity index (χ3v) is 4.54. The fourth-order valence-corrected chi connectivity index (χ4v) is 3.00. The van der Waals surface area contributed by atoms with Gasteiger partial charge in [-0.15, -0.1) is 0 Å². The average molecular weight is 341 g/mol. The molecule has 0 radical (unpaired) electrons. The predicted molar refractivity (Wildman–Crippen MR) is 97.0 cm³/mol. The highest BCUT2D eigenvalue weighted by atomic mass is 16.2. The molecule has 0 unspecified atom stereocenters. The van der Waals surface area contributed by atoms with Gasteiger partial charge >= 0.3 is 0 Å². The molecule has 0 spiro atoms. The second kappa shape index (κ2) is 7.06.